The lowest BCUT2D eigenvalue weighted by Crippen LogP contribution is -2.44. The van der Waals surface area contributed by atoms with Crippen LogP contribution in [0.4, 0.5) is 0 Å². The van der Waals surface area contributed by atoms with E-state index in [4.69, 9.17) is 0 Å². The maximum Gasteiger partial charge on any atom is 0.234 e. The molecule has 1 saturated carbocycles. The van der Waals surface area contributed by atoms with Gasteiger partial charge in [-0.2, -0.15) is 0 Å². The third kappa shape index (κ3) is 7.53. The molecule has 1 fully saturated rings. The highest BCUT2D eigenvalue weighted by Gasteiger charge is 2.19. The zero-order valence-electron chi connectivity index (χ0n) is 13.1. The Morgan fingerprint density at radius 3 is 2.42 bits per heavy atom. The third-order valence-electron chi connectivity index (χ3n) is 3.60. The topological polar surface area (TPSA) is 44.4 Å². The number of hydrogen-bond donors (Lipinski definition) is 2. The van der Waals surface area contributed by atoms with Crippen molar-refractivity contribution in [3.05, 3.63) is 0 Å². The molecule has 1 aliphatic carbocycles. The Balaban J connectivity index is 2.15. The van der Waals surface area contributed by atoms with E-state index in [9.17, 15) is 4.79 Å². The molecule has 0 radical (unpaired) electrons. The van der Waals surface area contributed by atoms with Gasteiger partial charge in [-0.25, -0.2) is 0 Å². The van der Waals surface area contributed by atoms with Crippen LogP contribution in [-0.4, -0.2) is 50.6 Å². The molecule has 0 unspecified atom stereocenters. The zero-order valence-corrected chi connectivity index (χ0v) is 13.1. The molecule has 0 aromatic carbocycles. The van der Waals surface area contributed by atoms with E-state index < -0.39 is 0 Å². The molecule has 0 aliphatic heterocycles. The van der Waals surface area contributed by atoms with Gasteiger partial charge in [0.05, 0.1) is 6.54 Å². The van der Waals surface area contributed by atoms with Crippen molar-refractivity contribution < 1.29 is 4.79 Å². The summed E-state index contributed by atoms with van der Waals surface area (Å²) < 4.78 is 0. The first kappa shape index (κ1) is 16.4. The largest absolute Gasteiger partial charge is 0.352 e. The van der Waals surface area contributed by atoms with Gasteiger partial charge in [0, 0.05) is 19.1 Å². The molecule has 112 valence electrons. The minimum absolute atomic E-state index is 0.146. The average Bonchev–Trinajstić information content (AvgIpc) is 2.28. The number of carbonyl (C=O) groups excluding carboxylic acids is 1. The summed E-state index contributed by atoms with van der Waals surface area (Å²) >= 11 is 0. The summed E-state index contributed by atoms with van der Waals surface area (Å²) in [6.07, 6.45) is 6.14. The first-order chi connectivity index (χ1) is 8.89. The fourth-order valence-corrected chi connectivity index (χ4v) is 2.95. The maximum atomic E-state index is 11.8. The van der Waals surface area contributed by atoms with E-state index in [-0.39, 0.29) is 11.3 Å². The van der Waals surface area contributed by atoms with E-state index in [0.717, 1.165) is 25.9 Å². The zero-order chi connectivity index (χ0) is 14.3. The maximum absolute atomic E-state index is 11.8. The van der Waals surface area contributed by atoms with Crippen molar-refractivity contribution in [2.45, 2.75) is 52.0 Å². The van der Waals surface area contributed by atoms with Gasteiger partial charge in [-0.05, 0) is 32.4 Å². The Hall–Kier alpha value is -0.610. The van der Waals surface area contributed by atoms with Crippen LogP contribution in [0.3, 0.4) is 0 Å². The number of rotatable bonds is 7. The molecule has 0 aromatic heterocycles. The second-order valence-electron chi connectivity index (χ2n) is 6.91. The van der Waals surface area contributed by atoms with E-state index in [1.807, 2.05) is 0 Å². The van der Waals surface area contributed by atoms with Gasteiger partial charge in [-0.3, -0.25) is 4.79 Å². The smallest absolute Gasteiger partial charge is 0.234 e. The summed E-state index contributed by atoms with van der Waals surface area (Å²) in [5.74, 6) is 0.146. The molecule has 1 rings (SSSR count). The van der Waals surface area contributed by atoms with Gasteiger partial charge >= 0.3 is 0 Å². The van der Waals surface area contributed by atoms with Crippen LogP contribution in [-0.2, 0) is 4.79 Å². The van der Waals surface area contributed by atoms with Crippen LogP contribution >= 0.6 is 0 Å². The lowest BCUT2D eigenvalue weighted by molar-refractivity contribution is -0.121. The first-order valence-electron chi connectivity index (χ1n) is 7.54. The van der Waals surface area contributed by atoms with Crippen LogP contribution in [0.5, 0.6) is 0 Å². The summed E-state index contributed by atoms with van der Waals surface area (Å²) in [7, 11) is 4.16. The molecule has 0 saturated heterocycles. The average molecular weight is 269 g/mol. The number of nitrogens with one attached hydrogen (secondary N) is 2. The molecule has 0 atom stereocenters. The molecular weight excluding hydrogens is 238 g/mol. The lowest BCUT2D eigenvalue weighted by atomic mass is 9.93. The molecule has 1 amide bonds. The molecule has 0 bridgehead atoms. The highest BCUT2D eigenvalue weighted by atomic mass is 16.1. The SMILES string of the molecule is CN(C)CC(C)(C)CNCC(=O)NC1CCCCC1. The molecule has 0 heterocycles. The molecule has 4 nitrogen and oxygen atoms in total. The minimum atomic E-state index is 0.146. The van der Waals surface area contributed by atoms with Gasteiger partial charge < -0.3 is 15.5 Å². The first-order valence-corrected chi connectivity index (χ1v) is 7.54. The van der Waals surface area contributed by atoms with Gasteiger partial charge in [0.2, 0.25) is 5.91 Å². The van der Waals surface area contributed by atoms with Crippen molar-refractivity contribution in [2.75, 3.05) is 33.7 Å². The Labute approximate surface area is 118 Å². The van der Waals surface area contributed by atoms with Crippen molar-refractivity contribution >= 4 is 5.91 Å². The molecule has 1 aliphatic rings. The van der Waals surface area contributed by atoms with Gasteiger partial charge in [-0.15, -0.1) is 0 Å². The highest BCUT2D eigenvalue weighted by Crippen LogP contribution is 2.17. The number of amides is 1. The number of carbonyl (C=O) groups is 1. The molecule has 0 aromatic rings. The van der Waals surface area contributed by atoms with Crippen LogP contribution in [0, 0.1) is 5.41 Å². The number of hydrogen-bond acceptors (Lipinski definition) is 3. The van der Waals surface area contributed by atoms with Gasteiger partial charge in [0.1, 0.15) is 0 Å². The van der Waals surface area contributed by atoms with Crippen LogP contribution in [0.25, 0.3) is 0 Å². The van der Waals surface area contributed by atoms with Crippen LogP contribution in [0.1, 0.15) is 46.0 Å². The van der Waals surface area contributed by atoms with Crippen molar-refractivity contribution in [3.63, 3.8) is 0 Å². The fraction of sp³-hybridized carbons (Fsp3) is 0.933. The van der Waals surface area contributed by atoms with E-state index >= 15 is 0 Å². The van der Waals surface area contributed by atoms with Crippen LogP contribution in [0.15, 0.2) is 0 Å². The molecule has 0 spiro atoms. The summed E-state index contributed by atoms with van der Waals surface area (Å²) in [6.45, 7) is 6.76. The normalized spacial score (nSPS) is 17.7. The highest BCUT2D eigenvalue weighted by molar-refractivity contribution is 5.78. The predicted molar refractivity (Wildman–Crippen MR) is 80.2 cm³/mol. The van der Waals surface area contributed by atoms with Crippen molar-refractivity contribution in [2.24, 2.45) is 5.41 Å². The minimum Gasteiger partial charge on any atom is -0.352 e. The van der Waals surface area contributed by atoms with Crippen molar-refractivity contribution in [1.82, 2.24) is 15.5 Å². The van der Waals surface area contributed by atoms with E-state index in [0.29, 0.717) is 12.6 Å². The number of nitrogens with zero attached hydrogens (tertiary/aromatic N) is 1. The molecular formula is C15H31N3O. The summed E-state index contributed by atoms with van der Waals surface area (Å²) in [5, 5.41) is 6.42. The van der Waals surface area contributed by atoms with E-state index in [1.165, 1.54) is 19.3 Å². The standard InChI is InChI=1S/C15H31N3O/c1-15(2,12-18(3)4)11-16-10-14(19)17-13-8-6-5-7-9-13/h13,16H,5-12H2,1-4H3,(H,17,19). The molecule has 4 heteroatoms. The lowest BCUT2D eigenvalue weighted by Gasteiger charge is -2.28. The monoisotopic (exact) mass is 269 g/mol. The Kier molecular flexibility index (Phi) is 6.80. The van der Waals surface area contributed by atoms with Crippen molar-refractivity contribution in [3.8, 4) is 0 Å². The van der Waals surface area contributed by atoms with E-state index in [2.05, 4.69) is 43.5 Å². The fourth-order valence-electron chi connectivity index (χ4n) is 2.95. The Bertz CT molecular complexity index is 271. The van der Waals surface area contributed by atoms with Gasteiger partial charge in [0.25, 0.3) is 0 Å². The molecule has 2 N–H and O–H groups in total. The second-order valence-corrected chi connectivity index (χ2v) is 6.91. The van der Waals surface area contributed by atoms with Crippen molar-refractivity contribution in [1.29, 1.82) is 0 Å². The molecule has 19 heavy (non-hydrogen) atoms. The van der Waals surface area contributed by atoms with Crippen LogP contribution in [0.2, 0.25) is 0 Å². The van der Waals surface area contributed by atoms with Crippen LogP contribution < -0.4 is 10.6 Å². The van der Waals surface area contributed by atoms with Gasteiger partial charge in [-0.1, -0.05) is 33.1 Å². The van der Waals surface area contributed by atoms with Gasteiger partial charge in [0.15, 0.2) is 0 Å². The third-order valence-corrected chi connectivity index (χ3v) is 3.60. The Morgan fingerprint density at radius 2 is 1.84 bits per heavy atom. The van der Waals surface area contributed by atoms with E-state index in [1.54, 1.807) is 0 Å². The summed E-state index contributed by atoms with van der Waals surface area (Å²) in [6, 6.07) is 0.415. The Morgan fingerprint density at radius 1 is 1.21 bits per heavy atom. The summed E-state index contributed by atoms with van der Waals surface area (Å²) in [5.41, 5.74) is 0.189. The quantitative estimate of drug-likeness (QED) is 0.738. The summed E-state index contributed by atoms with van der Waals surface area (Å²) in [4.78, 5) is 14.0. The predicted octanol–water partition coefficient (Wildman–Crippen LogP) is 1.61. The second kappa shape index (κ2) is 7.85.